The standard InChI is InChI=1S/C22H36N4O.HI/c1-17(2)16-27-21-8-4-18(5-9-21)10-13-24-22(23-3)25-19-11-14-26(15-12-19)20-6-7-20;/h4-5,8-9,17,19-20H,6-7,10-16H2,1-3H3,(H2,23,24,25);1H. The summed E-state index contributed by atoms with van der Waals surface area (Å²) in [4.78, 5) is 7.05. The predicted octanol–water partition coefficient (Wildman–Crippen LogP) is 3.67. The van der Waals surface area contributed by atoms with Crippen LogP contribution in [0, 0.1) is 5.92 Å². The molecule has 1 heterocycles. The molecule has 1 aliphatic carbocycles. The number of guanidine groups is 1. The molecule has 2 aliphatic rings. The van der Waals surface area contributed by atoms with Crippen LogP contribution >= 0.6 is 24.0 Å². The Morgan fingerprint density at radius 1 is 1.14 bits per heavy atom. The maximum atomic E-state index is 5.75. The average molecular weight is 500 g/mol. The first-order valence-electron chi connectivity index (χ1n) is 10.6. The van der Waals surface area contributed by atoms with Crippen LogP contribution < -0.4 is 15.4 Å². The fourth-order valence-electron chi connectivity index (χ4n) is 3.58. The predicted molar refractivity (Wildman–Crippen MR) is 128 cm³/mol. The van der Waals surface area contributed by atoms with Crippen molar-refractivity contribution in [2.75, 3.05) is 33.3 Å². The Bertz CT molecular complexity index is 593. The Morgan fingerprint density at radius 2 is 1.82 bits per heavy atom. The van der Waals surface area contributed by atoms with Crippen molar-refractivity contribution in [2.24, 2.45) is 10.9 Å². The number of aliphatic imine (C=N–C) groups is 1. The third kappa shape index (κ3) is 7.78. The second kappa shape index (κ2) is 11.9. The average Bonchev–Trinajstić information content (AvgIpc) is 3.52. The van der Waals surface area contributed by atoms with Crippen molar-refractivity contribution in [3.05, 3.63) is 29.8 Å². The summed E-state index contributed by atoms with van der Waals surface area (Å²) in [6, 6.07) is 9.88. The van der Waals surface area contributed by atoms with Crippen molar-refractivity contribution < 1.29 is 4.74 Å². The van der Waals surface area contributed by atoms with Crippen molar-refractivity contribution in [2.45, 2.75) is 58.0 Å². The molecule has 5 nitrogen and oxygen atoms in total. The molecule has 0 atom stereocenters. The summed E-state index contributed by atoms with van der Waals surface area (Å²) >= 11 is 0. The molecule has 2 N–H and O–H groups in total. The number of nitrogens with zero attached hydrogens (tertiary/aromatic N) is 2. The highest BCUT2D eigenvalue weighted by molar-refractivity contribution is 14.0. The van der Waals surface area contributed by atoms with Crippen molar-refractivity contribution >= 4 is 29.9 Å². The van der Waals surface area contributed by atoms with Gasteiger partial charge in [0.2, 0.25) is 0 Å². The van der Waals surface area contributed by atoms with Crippen LogP contribution in [0.25, 0.3) is 0 Å². The minimum Gasteiger partial charge on any atom is -0.493 e. The lowest BCUT2D eigenvalue weighted by Gasteiger charge is -2.33. The van der Waals surface area contributed by atoms with E-state index in [0.717, 1.165) is 37.3 Å². The molecule has 0 unspecified atom stereocenters. The van der Waals surface area contributed by atoms with Gasteiger partial charge in [0, 0.05) is 38.8 Å². The summed E-state index contributed by atoms with van der Waals surface area (Å²) in [5.74, 6) is 2.43. The van der Waals surface area contributed by atoms with Gasteiger partial charge in [0.05, 0.1) is 6.61 Å². The van der Waals surface area contributed by atoms with Crippen molar-refractivity contribution in [1.29, 1.82) is 0 Å². The van der Waals surface area contributed by atoms with Gasteiger partial charge in [-0.2, -0.15) is 0 Å². The van der Waals surface area contributed by atoms with Gasteiger partial charge in [0.1, 0.15) is 5.75 Å². The van der Waals surface area contributed by atoms with Crippen LogP contribution in [0.15, 0.2) is 29.3 Å². The third-order valence-corrected chi connectivity index (χ3v) is 5.37. The van der Waals surface area contributed by atoms with Crippen molar-refractivity contribution in [3.8, 4) is 5.75 Å². The molecule has 0 radical (unpaired) electrons. The van der Waals surface area contributed by atoms with Gasteiger partial charge in [0.15, 0.2) is 5.96 Å². The molecular formula is C22H37IN4O. The third-order valence-electron chi connectivity index (χ3n) is 5.37. The minimum atomic E-state index is 0. The lowest BCUT2D eigenvalue weighted by atomic mass is 10.1. The summed E-state index contributed by atoms with van der Waals surface area (Å²) in [6.45, 7) is 8.43. The largest absolute Gasteiger partial charge is 0.493 e. The number of halogens is 1. The quantitative estimate of drug-likeness (QED) is 0.325. The molecule has 0 aromatic heterocycles. The van der Waals surface area contributed by atoms with Crippen LogP contribution in [0.2, 0.25) is 0 Å². The maximum Gasteiger partial charge on any atom is 0.191 e. The zero-order valence-corrected chi connectivity index (χ0v) is 19.9. The second-order valence-corrected chi connectivity index (χ2v) is 8.28. The summed E-state index contributed by atoms with van der Waals surface area (Å²) < 4.78 is 5.75. The van der Waals surface area contributed by atoms with E-state index in [-0.39, 0.29) is 24.0 Å². The smallest absolute Gasteiger partial charge is 0.191 e. The molecule has 0 amide bonds. The first-order valence-corrected chi connectivity index (χ1v) is 10.6. The molecule has 1 aromatic carbocycles. The Balaban J connectivity index is 0.00000280. The van der Waals surface area contributed by atoms with Gasteiger partial charge >= 0.3 is 0 Å². The number of piperidine rings is 1. The summed E-state index contributed by atoms with van der Waals surface area (Å²) in [5, 5.41) is 7.06. The van der Waals surface area contributed by atoms with Crippen molar-refractivity contribution in [1.82, 2.24) is 15.5 Å². The van der Waals surface area contributed by atoms with Gasteiger partial charge in [-0.25, -0.2) is 0 Å². The Morgan fingerprint density at radius 3 is 2.39 bits per heavy atom. The normalized spacial score (nSPS) is 18.6. The van der Waals surface area contributed by atoms with Gasteiger partial charge in [-0.15, -0.1) is 24.0 Å². The van der Waals surface area contributed by atoms with Crippen molar-refractivity contribution in [3.63, 3.8) is 0 Å². The van der Waals surface area contributed by atoms with E-state index in [9.17, 15) is 0 Å². The van der Waals surface area contributed by atoms with Gasteiger partial charge < -0.3 is 20.3 Å². The first kappa shape index (κ1) is 23.3. The van der Waals surface area contributed by atoms with Gasteiger partial charge in [0.25, 0.3) is 0 Å². The van der Waals surface area contributed by atoms with E-state index in [1.54, 1.807) is 0 Å². The molecule has 1 saturated carbocycles. The van der Waals surface area contributed by atoms with E-state index in [1.807, 2.05) is 7.05 Å². The van der Waals surface area contributed by atoms with Crippen LogP contribution in [-0.2, 0) is 6.42 Å². The molecule has 2 fully saturated rings. The Hall–Kier alpha value is -1.02. The fraction of sp³-hybridized carbons (Fsp3) is 0.682. The lowest BCUT2D eigenvalue weighted by Crippen LogP contribution is -2.49. The van der Waals surface area contributed by atoms with Crippen LogP contribution in [0.3, 0.4) is 0 Å². The van der Waals surface area contributed by atoms with E-state index >= 15 is 0 Å². The van der Waals surface area contributed by atoms with Gasteiger partial charge in [-0.05, 0) is 55.7 Å². The number of ether oxygens (including phenoxy) is 1. The van der Waals surface area contributed by atoms with E-state index < -0.39 is 0 Å². The van der Waals surface area contributed by atoms with E-state index in [2.05, 4.69) is 58.6 Å². The number of hydrogen-bond donors (Lipinski definition) is 2. The maximum absolute atomic E-state index is 5.75. The molecule has 3 rings (SSSR count). The Kier molecular flexibility index (Phi) is 9.85. The highest BCUT2D eigenvalue weighted by Gasteiger charge is 2.31. The van der Waals surface area contributed by atoms with Gasteiger partial charge in [-0.1, -0.05) is 26.0 Å². The number of hydrogen-bond acceptors (Lipinski definition) is 3. The SMILES string of the molecule is CN=C(NCCc1ccc(OCC(C)C)cc1)NC1CCN(C2CC2)CC1.I. The summed E-state index contributed by atoms with van der Waals surface area (Å²) in [5.41, 5.74) is 1.31. The second-order valence-electron chi connectivity index (χ2n) is 8.28. The molecular weight excluding hydrogens is 463 g/mol. The molecule has 1 saturated heterocycles. The van der Waals surface area contributed by atoms with E-state index in [0.29, 0.717) is 12.0 Å². The number of likely N-dealkylation sites (tertiary alicyclic amines) is 1. The zero-order chi connectivity index (χ0) is 19.1. The number of benzene rings is 1. The highest BCUT2D eigenvalue weighted by atomic mass is 127. The summed E-state index contributed by atoms with van der Waals surface area (Å²) in [7, 11) is 1.86. The monoisotopic (exact) mass is 500 g/mol. The van der Waals surface area contributed by atoms with Gasteiger partial charge in [-0.3, -0.25) is 4.99 Å². The lowest BCUT2D eigenvalue weighted by molar-refractivity contribution is 0.197. The molecule has 28 heavy (non-hydrogen) atoms. The topological polar surface area (TPSA) is 48.9 Å². The van der Waals surface area contributed by atoms with Crippen LogP contribution in [0.1, 0.15) is 45.1 Å². The fourth-order valence-corrected chi connectivity index (χ4v) is 3.58. The molecule has 0 bridgehead atoms. The molecule has 1 aromatic rings. The molecule has 1 aliphatic heterocycles. The molecule has 6 heteroatoms. The minimum absolute atomic E-state index is 0. The van der Waals surface area contributed by atoms with Crippen LogP contribution in [-0.4, -0.2) is 56.2 Å². The van der Waals surface area contributed by atoms with E-state index in [1.165, 1.54) is 44.3 Å². The number of rotatable bonds is 8. The summed E-state index contributed by atoms with van der Waals surface area (Å²) in [6.07, 6.45) is 6.23. The Labute approximate surface area is 187 Å². The molecule has 158 valence electrons. The first-order chi connectivity index (χ1) is 13.1. The van der Waals surface area contributed by atoms with E-state index in [4.69, 9.17) is 4.74 Å². The number of nitrogens with one attached hydrogen (secondary N) is 2. The van der Waals surface area contributed by atoms with Crippen LogP contribution in [0.5, 0.6) is 5.75 Å². The van der Waals surface area contributed by atoms with Crippen LogP contribution in [0.4, 0.5) is 0 Å². The highest BCUT2D eigenvalue weighted by Crippen LogP contribution is 2.29. The molecule has 0 spiro atoms. The zero-order valence-electron chi connectivity index (χ0n) is 17.6.